The van der Waals surface area contributed by atoms with Crippen molar-refractivity contribution in [3.8, 4) is 0 Å². The summed E-state index contributed by atoms with van der Waals surface area (Å²) in [6, 6.07) is 0. The molecule has 8 aliphatic rings. The van der Waals surface area contributed by atoms with Gasteiger partial charge in [-0.15, -0.1) is 0 Å². The molecule has 8 fully saturated rings. The molecule has 8 heteroatoms. The molecule has 0 spiro atoms. The maximum absolute atomic E-state index is 12.6. The lowest BCUT2D eigenvalue weighted by molar-refractivity contribution is -0.163. The summed E-state index contributed by atoms with van der Waals surface area (Å²) >= 11 is 0. The van der Waals surface area contributed by atoms with Crippen LogP contribution in [0.4, 0.5) is 0 Å². The lowest BCUT2D eigenvalue weighted by Crippen LogP contribution is -2.50. The normalized spacial score (nSPS) is 49.8. The van der Waals surface area contributed by atoms with E-state index in [-0.39, 0.29) is 17.5 Å². The predicted octanol–water partition coefficient (Wildman–Crippen LogP) is 5.77. The second-order valence-corrected chi connectivity index (χ2v) is 15.3. The maximum Gasteiger partial charge on any atom is 0.312 e. The van der Waals surface area contributed by atoms with Crippen LogP contribution in [0.2, 0.25) is 0 Å². The van der Waals surface area contributed by atoms with E-state index in [1.165, 1.54) is 32.1 Å². The molecule has 0 radical (unpaired) electrons. The fourth-order valence-corrected chi connectivity index (χ4v) is 9.74. The number of epoxide rings is 4. The highest BCUT2D eigenvalue weighted by Gasteiger charge is 2.95. The number of carbonyl (C=O) groups is 2. The summed E-state index contributed by atoms with van der Waals surface area (Å²) in [5.74, 6) is -0.260. The summed E-state index contributed by atoms with van der Waals surface area (Å²) in [4.78, 5) is 24.8. The Morgan fingerprint density at radius 1 is 0.927 bits per heavy atom. The highest BCUT2D eigenvalue weighted by Crippen LogP contribution is 2.81. The van der Waals surface area contributed by atoms with Crippen LogP contribution in [0.15, 0.2) is 12.7 Å². The van der Waals surface area contributed by atoms with E-state index in [1.54, 1.807) is 6.08 Å². The van der Waals surface area contributed by atoms with Crippen LogP contribution in [0.3, 0.4) is 0 Å². The molecule has 4 aliphatic heterocycles. The quantitative estimate of drug-likeness (QED) is 0.232. The van der Waals surface area contributed by atoms with E-state index in [1.807, 2.05) is 0 Å². The molecule has 228 valence electrons. The topological polar surface area (TPSA) is 114 Å². The summed E-state index contributed by atoms with van der Waals surface area (Å²) in [6.45, 7) is 10.2. The number of fused-ring (bicyclic) bond motifs is 2. The highest BCUT2D eigenvalue weighted by atomic mass is 17.0. The van der Waals surface area contributed by atoms with E-state index in [4.69, 9.17) is 23.7 Å². The minimum absolute atomic E-state index is 0.0693. The monoisotopic (exact) mass is 572 g/mol. The van der Waals surface area contributed by atoms with Gasteiger partial charge in [-0.3, -0.25) is 9.59 Å². The molecule has 8 atom stereocenters. The van der Waals surface area contributed by atoms with Crippen molar-refractivity contribution in [3.63, 3.8) is 0 Å². The van der Waals surface area contributed by atoms with Crippen molar-refractivity contribution in [3.05, 3.63) is 12.7 Å². The van der Waals surface area contributed by atoms with Crippen molar-refractivity contribution in [2.24, 2.45) is 34.0 Å². The van der Waals surface area contributed by atoms with Crippen LogP contribution >= 0.6 is 0 Å². The first-order chi connectivity index (χ1) is 19.5. The molecule has 8 nitrogen and oxygen atoms in total. The van der Waals surface area contributed by atoms with Crippen molar-refractivity contribution in [2.45, 2.75) is 140 Å². The van der Waals surface area contributed by atoms with Gasteiger partial charge in [-0.2, -0.15) is 0 Å². The van der Waals surface area contributed by atoms with Gasteiger partial charge in [0.25, 0.3) is 0 Å². The van der Waals surface area contributed by atoms with Gasteiger partial charge >= 0.3 is 11.9 Å². The Labute approximate surface area is 243 Å². The van der Waals surface area contributed by atoms with Crippen molar-refractivity contribution in [1.82, 2.24) is 0 Å². The summed E-state index contributed by atoms with van der Waals surface area (Å²) < 4.78 is 28.3. The molecule has 4 heterocycles. The second-order valence-electron chi connectivity index (χ2n) is 15.3. The molecule has 0 amide bonds. The minimum atomic E-state index is -0.689. The first kappa shape index (κ1) is 28.3. The number of carboxylic acids is 1. The van der Waals surface area contributed by atoms with Gasteiger partial charge in [-0.25, -0.2) is 0 Å². The van der Waals surface area contributed by atoms with Crippen molar-refractivity contribution in [2.75, 3.05) is 6.61 Å². The Morgan fingerprint density at radius 2 is 1.66 bits per heavy atom. The Balaban J connectivity index is 0.000000135. The molecule has 41 heavy (non-hydrogen) atoms. The number of hydrogen-bond donors (Lipinski definition) is 1. The van der Waals surface area contributed by atoms with Gasteiger partial charge in [-0.1, -0.05) is 58.6 Å². The minimum Gasteiger partial charge on any atom is -0.481 e. The van der Waals surface area contributed by atoms with Gasteiger partial charge in [0.15, 0.2) is 0 Å². The molecule has 0 aromatic heterocycles. The van der Waals surface area contributed by atoms with Crippen molar-refractivity contribution in [1.29, 1.82) is 0 Å². The number of carboxylic acid groups (broad SMARTS) is 1. The third kappa shape index (κ3) is 4.53. The molecule has 8 rings (SSSR count). The molecule has 0 bridgehead atoms. The Hall–Kier alpha value is -1.48. The zero-order valence-corrected chi connectivity index (χ0v) is 25.0. The van der Waals surface area contributed by atoms with Crippen LogP contribution < -0.4 is 0 Å². The van der Waals surface area contributed by atoms with Crippen LogP contribution in [0.1, 0.15) is 104 Å². The summed E-state index contributed by atoms with van der Waals surface area (Å²) in [6.07, 6.45) is 16.7. The molecule has 4 aliphatic carbocycles. The van der Waals surface area contributed by atoms with Gasteiger partial charge < -0.3 is 28.8 Å². The Bertz CT molecular complexity index is 1090. The third-order valence-corrected chi connectivity index (χ3v) is 12.4. The molecular formula is C33H48O8. The van der Waals surface area contributed by atoms with Crippen LogP contribution in [0, 0.1) is 34.0 Å². The van der Waals surface area contributed by atoms with E-state index in [2.05, 4.69) is 27.4 Å². The molecule has 4 saturated carbocycles. The van der Waals surface area contributed by atoms with E-state index in [0.717, 1.165) is 44.9 Å². The van der Waals surface area contributed by atoms with E-state index in [0.29, 0.717) is 49.1 Å². The first-order valence-electron chi connectivity index (χ1n) is 16.2. The number of ether oxygens (including phenoxy) is 5. The Kier molecular flexibility index (Phi) is 6.56. The number of rotatable bonds is 7. The van der Waals surface area contributed by atoms with E-state index in [9.17, 15) is 14.7 Å². The summed E-state index contributed by atoms with van der Waals surface area (Å²) in [5, 5.41) is 10.0. The first-order valence-corrected chi connectivity index (χ1v) is 16.2. The van der Waals surface area contributed by atoms with Gasteiger partial charge in [0.05, 0.1) is 35.2 Å². The zero-order chi connectivity index (χ0) is 28.8. The predicted molar refractivity (Wildman–Crippen MR) is 149 cm³/mol. The average Bonchev–Trinajstić information content (AvgIpc) is 3.79. The van der Waals surface area contributed by atoms with Gasteiger partial charge in [-0.05, 0) is 62.7 Å². The number of hydrogen-bond acceptors (Lipinski definition) is 7. The van der Waals surface area contributed by atoms with Crippen LogP contribution in [0.25, 0.3) is 0 Å². The number of esters is 1. The SMILES string of the molecule is C=CCOC(=O)C1(C)CCC2OC2C1C1CCC2OC2C1.CC1(C)CC23OC2(CC1(CC1CCCCC1)C(=O)O)O3. The van der Waals surface area contributed by atoms with E-state index >= 15 is 0 Å². The standard InChI is InChI=1S/C17H24O4.C16H24O4/c1-3-8-19-16(18)17(2)7-6-12-15(21-12)14(17)10-4-5-11-13(9-10)20-11;1-13(2)9-15-16(19-15,20-15)10-14(13,12(17)18)8-11-6-4-3-5-7-11/h3,10-15H,1,4-9H2,2H3;11H,3-10H2,1-2H3,(H,17,18). The smallest absolute Gasteiger partial charge is 0.312 e. The van der Waals surface area contributed by atoms with Crippen LogP contribution in [0.5, 0.6) is 0 Å². The fraction of sp³-hybridized carbons (Fsp3) is 0.879. The zero-order valence-electron chi connectivity index (χ0n) is 25.0. The molecule has 0 aromatic carbocycles. The molecule has 1 N–H and O–H groups in total. The van der Waals surface area contributed by atoms with Crippen LogP contribution in [-0.4, -0.2) is 59.6 Å². The van der Waals surface area contributed by atoms with Gasteiger partial charge in [0, 0.05) is 18.8 Å². The van der Waals surface area contributed by atoms with Gasteiger partial charge in [0.1, 0.15) is 6.61 Å². The molecule has 4 saturated heterocycles. The summed E-state index contributed by atoms with van der Waals surface area (Å²) in [5.41, 5.74) is -1.37. The lowest BCUT2D eigenvalue weighted by Gasteiger charge is -2.46. The maximum atomic E-state index is 12.6. The fourth-order valence-electron chi connectivity index (χ4n) is 9.74. The lowest BCUT2D eigenvalue weighted by atomic mass is 9.54. The molecule has 0 aromatic rings. The molecule has 8 unspecified atom stereocenters. The van der Waals surface area contributed by atoms with Crippen molar-refractivity contribution < 1.29 is 38.4 Å². The van der Waals surface area contributed by atoms with Gasteiger partial charge in [0.2, 0.25) is 11.6 Å². The second kappa shape index (κ2) is 9.51. The van der Waals surface area contributed by atoms with E-state index < -0.39 is 28.4 Å². The third-order valence-electron chi connectivity index (χ3n) is 12.4. The number of carbonyl (C=O) groups excluding carboxylic acids is 1. The van der Waals surface area contributed by atoms with Crippen molar-refractivity contribution >= 4 is 11.9 Å². The molecular weight excluding hydrogens is 524 g/mol. The largest absolute Gasteiger partial charge is 0.481 e. The van der Waals surface area contributed by atoms with Crippen LogP contribution in [-0.2, 0) is 33.3 Å². The summed E-state index contributed by atoms with van der Waals surface area (Å²) in [7, 11) is 0. The average molecular weight is 573 g/mol. The highest BCUT2D eigenvalue weighted by molar-refractivity contribution is 5.78. The number of aliphatic carboxylic acids is 1. The Morgan fingerprint density at radius 3 is 2.34 bits per heavy atom.